The van der Waals surface area contributed by atoms with Crippen molar-refractivity contribution in [2.24, 2.45) is 0 Å². The first-order valence-electron chi connectivity index (χ1n) is 7.25. The predicted octanol–water partition coefficient (Wildman–Crippen LogP) is 3.54. The highest BCUT2D eigenvalue weighted by Crippen LogP contribution is 2.22. The summed E-state index contributed by atoms with van der Waals surface area (Å²) in [4.78, 5) is 16.5. The van der Waals surface area contributed by atoms with Crippen LogP contribution >= 0.6 is 0 Å². The van der Waals surface area contributed by atoms with Crippen molar-refractivity contribution >= 4 is 28.2 Å². The molecule has 0 bridgehead atoms. The zero-order chi connectivity index (χ0) is 15.5. The van der Waals surface area contributed by atoms with Gasteiger partial charge < -0.3 is 15.2 Å². The minimum Gasteiger partial charge on any atom is -0.361 e. The number of hydrogen-bond donors (Lipinski definition) is 2. The number of carbonyl (C=O) groups excluding carboxylic acids is 1. The second kappa shape index (κ2) is 5.93. The highest BCUT2D eigenvalue weighted by atomic mass is 16.2. The van der Waals surface area contributed by atoms with E-state index in [1.807, 2.05) is 36.5 Å². The number of anilines is 2. The molecule has 22 heavy (non-hydrogen) atoms. The molecule has 0 fully saturated rings. The molecule has 4 nitrogen and oxygen atoms in total. The number of H-pyrrole nitrogens is 1. The van der Waals surface area contributed by atoms with E-state index >= 15 is 0 Å². The predicted molar refractivity (Wildman–Crippen MR) is 90.4 cm³/mol. The van der Waals surface area contributed by atoms with Gasteiger partial charge >= 0.3 is 0 Å². The van der Waals surface area contributed by atoms with Crippen molar-refractivity contribution in [2.75, 3.05) is 19.4 Å². The van der Waals surface area contributed by atoms with E-state index in [0.717, 1.165) is 22.5 Å². The molecule has 0 saturated heterocycles. The van der Waals surface area contributed by atoms with Crippen LogP contribution in [0.5, 0.6) is 0 Å². The van der Waals surface area contributed by atoms with Gasteiger partial charge in [-0.3, -0.25) is 4.79 Å². The van der Waals surface area contributed by atoms with Crippen molar-refractivity contribution in [3.8, 4) is 0 Å². The fourth-order valence-electron chi connectivity index (χ4n) is 2.34. The Morgan fingerprint density at radius 1 is 1.05 bits per heavy atom. The van der Waals surface area contributed by atoms with Crippen molar-refractivity contribution in [1.82, 2.24) is 9.88 Å². The summed E-state index contributed by atoms with van der Waals surface area (Å²) >= 11 is 0. The van der Waals surface area contributed by atoms with Gasteiger partial charge in [0.25, 0.3) is 0 Å². The van der Waals surface area contributed by atoms with Crippen LogP contribution in [-0.4, -0.2) is 29.9 Å². The monoisotopic (exact) mass is 293 g/mol. The number of nitrogens with one attached hydrogen (secondary N) is 2. The van der Waals surface area contributed by atoms with Gasteiger partial charge in [-0.2, -0.15) is 0 Å². The van der Waals surface area contributed by atoms with Gasteiger partial charge in [-0.05, 0) is 42.0 Å². The molecule has 0 aliphatic carbocycles. The number of nitrogens with zero attached hydrogens (tertiary/aromatic N) is 1. The molecule has 0 radical (unpaired) electrons. The highest BCUT2D eigenvalue weighted by Gasteiger charge is 2.05. The summed E-state index contributed by atoms with van der Waals surface area (Å²) in [6.07, 6.45) is 2.37. The molecule has 1 aromatic heterocycles. The van der Waals surface area contributed by atoms with Gasteiger partial charge in [0.15, 0.2) is 0 Å². The Morgan fingerprint density at radius 3 is 2.50 bits per heavy atom. The van der Waals surface area contributed by atoms with E-state index in [9.17, 15) is 4.79 Å². The largest absolute Gasteiger partial charge is 0.361 e. The van der Waals surface area contributed by atoms with Crippen molar-refractivity contribution in [3.63, 3.8) is 0 Å². The number of rotatable bonds is 4. The number of aromatic nitrogens is 1. The van der Waals surface area contributed by atoms with Crippen LogP contribution in [0.25, 0.3) is 10.9 Å². The number of aromatic amines is 1. The third-order valence-electron chi connectivity index (χ3n) is 3.65. The highest BCUT2D eigenvalue weighted by molar-refractivity contribution is 5.84. The molecule has 1 heterocycles. The topological polar surface area (TPSA) is 48.1 Å². The second-order valence-corrected chi connectivity index (χ2v) is 5.57. The molecule has 0 unspecified atom stereocenters. The van der Waals surface area contributed by atoms with E-state index < -0.39 is 0 Å². The SMILES string of the molecule is CN(C)C(=O)Cc1ccc(Nc2ccc3[nH]ccc3c2)cc1. The first-order valence-corrected chi connectivity index (χ1v) is 7.25. The van der Waals surface area contributed by atoms with E-state index in [2.05, 4.69) is 28.5 Å². The van der Waals surface area contributed by atoms with Crippen LogP contribution in [0.1, 0.15) is 5.56 Å². The molecule has 3 aromatic rings. The lowest BCUT2D eigenvalue weighted by Gasteiger charge is -2.11. The molecule has 0 aliphatic rings. The Morgan fingerprint density at radius 2 is 1.77 bits per heavy atom. The standard InChI is InChI=1S/C18H19N3O/c1-21(2)18(22)11-13-3-5-15(6-4-13)20-16-7-8-17-14(12-16)9-10-19-17/h3-10,12,19-20H,11H2,1-2H3. The average Bonchev–Trinajstić information content (AvgIpc) is 2.96. The molecule has 0 aliphatic heterocycles. The quantitative estimate of drug-likeness (QED) is 0.773. The van der Waals surface area contributed by atoms with Gasteiger partial charge in [0.2, 0.25) is 5.91 Å². The Kier molecular flexibility index (Phi) is 3.83. The van der Waals surface area contributed by atoms with Crippen LogP contribution < -0.4 is 5.32 Å². The maximum absolute atomic E-state index is 11.7. The van der Waals surface area contributed by atoms with Crippen LogP contribution in [0.3, 0.4) is 0 Å². The van der Waals surface area contributed by atoms with E-state index in [1.54, 1.807) is 19.0 Å². The van der Waals surface area contributed by atoms with Crippen LogP contribution in [0, 0.1) is 0 Å². The number of benzene rings is 2. The van der Waals surface area contributed by atoms with E-state index in [0.29, 0.717) is 6.42 Å². The summed E-state index contributed by atoms with van der Waals surface area (Å²) in [6, 6.07) is 16.2. The minimum absolute atomic E-state index is 0.110. The lowest BCUT2D eigenvalue weighted by Crippen LogP contribution is -2.23. The number of hydrogen-bond acceptors (Lipinski definition) is 2. The zero-order valence-electron chi connectivity index (χ0n) is 12.8. The molecule has 3 rings (SSSR count). The number of carbonyl (C=O) groups is 1. The lowest BCUT2D eigenvalue weighted by molar-refractivity contribution is -0.127. The minimum atomic E-state index is 0.110. The summed E-state index contributed by atoms with van der Waals surface area (Å²) in [6.45, 7) is 0. The second-order valence-electron chi connectivity index (χ2n) is 5.57. The molecule has 0 saturated carbocycles. The molecule has 2 aromatic carbocycles. The zero-order valence-corrected chi connectivity index (χ0v) is 12.8. The maximum atomic E-state index is 11.7. The molecule has 1 amide bonds. The summed E-state index contributed by atoms with van der Waals surface area (Å²) in [7, 11) is 3.55. The van der Waals surface area contributed by atoms with Crippen LogP contribution in [0.4, 0.5) is 11.4 Å². The van der Waals surface area contributed by atoms with E-state index in [4.69, 9.17) is 0 Å². The maximum Gasteiger partial charge on any atom is 0.226 e. The van der Waals surface area contributed by atoms with Crippen LogP contribution in [-0.2, 0) is 11.2 Å². The van der Waals surface area contributed by atoms with Gasteiger partial charge in [-0.1, -0.05) is 12.1 Å². The first kappa shape index (κ1) is 14.2. The average molecular weight is 293 g/mol. The van der Waals surface area contributed by atoms with Crippen LogP contribution in [0.15, 0.2) is 54.7 Å². The molecule has 0 atom stereocenters. The lowest BCUT2D eigenvalue weighted by atomic mass is 10.1. The third-order valence-corrected chi connectivity index (χ3v) is 3.65. The fraction of sp³-hybridized carbons (Fsp3) is 0.167. The van der Waals surface area contributed by atoms with Gasteiger partial charge in [-0.25, -0.2) is 0 Å². The fourth-order valence-corrected chi connectivity index (χ4v) is 2.34. The third kappa shape index (κ3) is 3.11. The summed E-state index contributed by atoms with van der Waals surface area (Å²) in [5.41, 5.74) is 4.20. The van der Waals surface area contributed by atoms with Gasteiger partial charge in [0, 0.05) is 42.6 Å². The molecule has 2 N–H and O–H groups in total. The molecule has 112 valence electrons. The van der Waals surface area contributed by atoms with Crippen molar-refractivity contribution in [2.45, 2.75) is 6.42 Å². The summed E-state index contributed by atoms with van der Waals surface area (Å²) in [5.74, 6) is 0.110. The van der Waals surface area contributed by atoms with E-state index in [1.165, 1.54) is 5.39 Å². The Balaban J connectivity index is 1.71. The number of likely N-dealkylation sites (N-methyl/N-ethyl adjacent to an activating group) is 1. The first-order chi connectivity index (χ1) is 10.6. The number of fused-ring (bicyclic) bond motifs is 1. The molecule has 0 spiro atoms. The summed E-state index contributed by atoms with van der Waals surface area (Å²) < 4.78 is 0. The van der Waals surface area contributed by atoms with Gasteiger partial charge in [0.1, 0.15) is 0 Å². The van der Waals surface area contributed by atoms with E-state index in [-0.39, 0.29) is 5.91 Å². The van der Waals surface area contributed by atoms with Crippen LogP contribution in [0.2, 0.25) is 0 Å². The number of amides is 1. The molecular weight excluding hydrogens is 274 g/mol. The Labute approximate surface area is 129 Å². The molecule has 4 heteroatoms. The smallest absolute Gasteiger partial charge is 0.226 e. The van der Waals surface area contributed by atoms with Crippen molar-refractivity contribution in [3.05, 3.63) is 60.3 Å². The van der Waals surface area contributed by atoms with Gasteiger partial charge in [0.05, 0.1) is 6.42 Å². The normalized spacial score (nSPS) is 10.6. The van der Waals surface area contributed by atoms with Crippen molar-refractivity contribution < 1.29 is 4.79 Å². The van der Waals surface area contributed by atoms with Crippen molar-refractivity contribution in [1.29, 1.82) is 0 Å². The van der Waals surface area contributed by atoms with Gasteiger partial charge in [-0.15, -0.1) is 0 Å². The Hall–Kier alpha value is -2.75. The molecular formula is C18H19N3O. The summed E-state index contributed by atoms with van der Waals surface area (Å²) in [5, 5.41) is 4.56. The Bertz CT molecular complexity index is 787.